The molecule has 2 saturated heterocycles. The maximum absolute atomic E-state index is 13.9. The van der Waals surface area contributed by atoms with Gasteiger partial charge in [-0.25, -0.2) is 8.78 Å². The number of halogens is 2. The second kappa shape index (κ2) is 7.04. The van der Waals surface area contributed by atoms with E-state index in [1.54, 1.807) is 0 Å². The quantitative estimate of drug-likeness (QED) is 0.817. The lowest BCUT2D eigenvalue weighted by Gasteiger charge is -2.43. The topological polar surface area (TPSA) is 23.6 Å². The second-order valence-electron chi connectivity index (χ2n) is 7.80. The highest BCUT2D eigenvalue weighted by Crippen LogP contribution is 2.45. The lowest BCUT2D eigenvalue weighted by Crippen LogP contribution is -2.51. The van der Waals surface area contributed by atoms with Crippen molar-refractivity contribution in [3.63, 3.8) is 0 Å². The summed E-state index contributed by atoms with van der Waals surface area (Å²) in [7, 11) is 1.92. The fourth-order valence-electron chi connectivity index (χ4n) is 4.58. The van der Waals surface area contributed by atoms with E-state index in [1.807, 2.05) is 42.3 Å². The summed E-state index contributed by atoms with van der Waals surface area (Å²) in [6, 6.07) is 13.7. The molecule has 0 saturated carbocycles. The highest BCUT2D eigenvalue weighted by Gasteiger charge is 2.50. The van der Waals surface area contributed by atoms with Gasteiger partial charge in [-0.2, -0.15) is 0 Å². The molecule has 1 amide bonds. The minimum Gasteiger partial charge on any atom is -0.339 e. The van der Waals surface area contributed by atoms with E-state index in [2.05, 4.69) is 4.90 Å². The van der Waals surface area contributed by atoms with Gasteiger partial charge in [-0.3, -0.25) is 9.69 Å². The normalized spacial score (nSPS) is 22.6. The number of carbonyl (C=O) groups is 1. The zero-order valence-electron chi connectivity index (χ0n) is 15.5. The van der Waals surface area contributed by atoms with E-state index >= 15 is 0 Å². The minimum atomic E-state index is -0.549. The van der Waals surface area contributed by atoms with Gasteiger partial charge in [0.2, 0.25) is 5.91 Å². The number of benzene rings is 2. The maximum Gasteiger partial charge on any atom is 0.230 e. The third kappa shape index (κ3) is 3.36. The molecule has 1 atom stereocenters. The van der Waals surface area contributed by atoms with Crippen LogP contribution in [0.4, 0.5) is 8.78 Å². The standard InChI is InChI=1S/C22H24F2N2O/c1-25-21(27)19(16-5-3-2-4-6-16)14-22(25)9-11-26(12-10-22)15-17-7-8-18(23)13-20(17)24/h2-8,13,19H,9-12,14-15H2,1H3. The lowest BCUT2D eigenvalue weighted by molar-refractivity contribution is -0.131. The summed E-state index contributed by atoms with van der Waals surface area (Å²) in [6.07, 6.45) is 2.59. The van der Waals surface area contributed by atoms with Gasteiger partial charge in [0.1, 0.15) is 11.6 Å². The fraction of sp³-hybridized carbons (Fsp3) is 0.409. The van der Waals surface area contributed by atoms with Crippen molar-refractivity contribution >= 4 is 5.91 Å². The van der Waals surface area contributed by atoms with Gasteiger partial charge in [-0.15, -0.1) is 0 Å². The molecule has 2 aliphatic rings. The Kier molecular flexibility index (Phi) is 4.72. The highest BCUT2D eigenvalue weighted by molar-refractivity contribution is 5.87. The molecule has 0 N–H and O–H groups in total. The molecule has 4 rings (SSSR count). The molecule has 3 nitrogen and oxygen atoms in total. The van der Waals surface area contributed by atoms with Crippen LogP contribution in [0.3, 0.4) is 0 Å². The molecule has 0 aliphatic carbocycles. The Hall–Kier alpha value is -2.27. The molecule has 2 aromatic carbocycles. The van der Waals surface area contributed by atoms with Crippen LogP contribution >= 0.6 is 0 Å². The van der Waals surface area contributed by atoms with Crippen molar-refractivity contribution < 1.29 is 13.6 Å². The number of hydrogen-bond donors (Lipinski definition) is 0. The monoisotopic (exact) mass is 370 g/mol. The van der Waals surface area contributed by atoms with Crippen LogP contribution in [0.15, 0.2) is 48.5 Å². The molecular formula is C22H24F2N2O. The third-order valence-corrected chi connectivity index (χ3v) is 6.32. The number of rotatable bonds is 3. The number of likely N-dealkylation sites (N-methyl/N-ethyl adjacent to an activating group) is 1. The molecular weight excluding hydrogens is 346 g/mol. The van der Waals surface area contributed by atoms with Crippen molar-refractivity contribution in [1.82, 2.24) is 9.80 Å². The molecule has 0 bridgehead atoms. The maximum atomic E-state index is 13.9. The summed E-state index contributed by atoms with van der Waals surface area (Å²) in [4.78, 5) is 17.0. The van der Waals surface area contributed by atoms with Crippen LogP contribution < -0.4 is 0 Å². The molecule has 0 radical (unpaired) electrons. The first-order valence-corrected chi connectivity index (χ1v) is 9.47. The predicted molar refractivity (Wildman–Crippen MR) is 100 cm³/mol. The molecule has 2 heterocycles. The van der Waals surface area contributed by atoms with Gasteiger partial charge in [0, 0.05) is 43.9 Å². The summed E-state index contributed by atoms with van der Waals surface area (Å²) in [5.41, 5.74) is 1.49. The smallest absolute Gasteiger partial charge is 0.230 e. The van der Waals surface area contributed by atoms with E-state index in [4.69, 9.17) is 0 Å². The van der Waals surface area contributed by atoms with E-state index in [-0.39, 0.29) is 17.4 Å². The van der Waals surface area contributed by atoms with Crippen molar-refractivity contribution in [1.29, 1.82) is 0 Å². The van der Waals surface area contributed by atoms with Crippen LogP contribution in [0.1, 0.15) is 36.3 Å². The van der Waals surface area contributed by atoms with Crippen molar-refractivity contribution in [2.45, 2.75) is 37.3 Å². The Morgan fingerprint density at radius 2 is 1.78 bits per heavy atom. The Bertz CT molecular complexity index is 831. The summed E-state index contributed by atoms with van der Waals surface area (Å²) in [5, 5.41) is 0. The van der Waals surface area contributed by atoms with Crippen molar-refractivity contribution in [3.8, 4) is 0 Å². The van der Waals surface area contributed by atoms with E-state index in [9.17, 15) is 13.6 Å². The average molecular weight is 370 g/mol. The van der Waals surface area contributed by atoms with Gasteiger partial charge in [0.05, 0.1) is 5.92 Å². The molecule has 1 spiro atoms. The molecule has 27 heavy (non-hydrogen) atoms. The molecule has 142 valence electrons. The minimum absolute atomic E-state index is 0.0720. The molecule has 2 fully saturated rings. The Labute approximate surface area is 158 Å². The van der Waals surface area contributed by atoms with Crippen molar-refractivity contribution in [2.75, 3.05) is 20.1 Å². The van der Waals surface area contributed by atoms with Crippen molar-refractivity contribution in [2.24, 2.45) is 0 Å². The number of likely N-dealkylation sites (tertiary alicyclic amines) is 2. The van der Waals surface area contributed by atoms with E-state index in [0.717, 1.165) is 44.0 Å². The highest BCUT2D eigenvalue weighted by atomic mass is 19.1. The molecule has 0 aromatic heterocycles. The summed E-state index contributed by atoms with van der Waals surface area (Å²) < 4.78 is 27.0. The van der Waals surface area contributed by atoms with Gasteiger partial charge >= 0.3 is 0 Å². The predicted octanol–water partition coefficient (Wildman–Crippen LogP) is 3.95. The zero-order chi connectivity index (χ0) is 19.0. The number of piperidine rings is 1. The van der Waals surface area contributed by atoms with Gasteiger partial charge in [0.25, 0.3) is 0 Å². The SMILES string of the molecule is CN1C(=O)C(c2ccccc2)CC12CCN(Cc1ccc(F)cc1F)CC2. The Morgan fingerprint density at radius 1 is 1.07 bits per heavy atom. The molecule has 2 aromatic rings. The van der Waals surface area contributed by atoms with E-state index in [1.165, 1.54) is 12.1 Å². The van der Waals surface area contributed by atoms with Gasteiger partial charge in [-0.05, 0) is 30.9 Å². The van der Waals surface area contributed by atoms with Crippen LogP contribution in [0.5, 0.6) is 0 Å². The van der Waals surface area contributed by atoms with Crippen LogP contribution in [0, 0.1) is 11.6 Å². The third-order valence-electron chi connectivity index (χ3n) is 6.32. The first-order chi connectivity index (χ1) is 13.0. The fourth-order valence-corrected chi connectivity index (χ4v) is 4.58. The van der Waals surface area contributed by atoms with Crippen molar-refractivity contribution in [3.05, 3.63) is 71.3 Å². The largest absolute Gasteiger partial charge is 0.339 e. The van der Waals surface area contributed by atoms with Crippen LogP contribution in [-0.2, 0) is 11.3 Å². The number of carbonyl (C=O) groups excluding carboxylic acids is 1. The van der Waals surface area contributed by atoms with Crippen LogP contribution in [0.2, 0.25) is 0 Å². The van der Waals surface area contributed by atoms with Gasteiger partial charge in [-0.1, -0.05) is 36.4 Å². The first kappa shape index (κ1) is 18.1. The lowest BCUT2D eigenvalue weighted by atomic mass is 9.81. The summed E-state index contributed by atoms with van der Waals surface area (Å²) in [5.74, 6) is -0.920. The number of hydrogen-bond acceptors (Lipinski definition) is 2. The average Bonchev–Trinajstić information content (AvgIpc) is 2.92. The second-order valence-corrected chi connectivity index (χ2v) is 7.80. The Morgan fingerprint density at radius 3 is 2.44 bits per heavy atom. The summed E-state index contributed by atoms with van der Waals surface area (Å²) in [6.45, 7) is 2.08. The van der Waals surface area contributed by atoms with Crippen LogP contribution in [0.25, 0.3) is 0 Å². The van der Waals surface area contributed by atoms with E-state index in [0.29, 0.717) is 12.1 Å². The number of nitrogens with zero attached hydrogens (tertiary/aromatic N) is 2. The van der Waals surface area contributed by atoms with Gasteiger partial charge in [0.15, 0.2) is 0 Å². The molecule has 1 unspecified atom stereocenters. The zero-order valence-corrected chi connectivity index (χ0v) is 15.5. The summed E-state index contributed by atoms with van der Waals surface area (Å²) >= 11 is 0. The van der Waals surface area contributed by atoms with Gasteiger partial charge < -0.3 is 4.90 Å². The van der Waals surface area contributed by atoms with E-state index < -0.39 is 11.6 Å². The molecule has 2 aliphatic heterocycles. The number of amides is 1. The van der Waals surface area contributed by atoms with Crippen LogP contribution in [-0.4, -0.2) is 41.4 Å². The Balaban J connectivity index is 1.44. The first-order valence-electron chi connectivity index (χ1n) is 9.47. The molecule has 5 heteroatoms.